The lowest BCUT2D eigenvalue weighted by atomic mass is 9.94. The monoisotopic (exact) mass is 145 g/mol. The van der Waals surface area contributed by atoms with Gasteiger partial charge in [0, 0.05) is 13.2 Å². The Morgan fingerprint density at radius 3 is 2.70 bits per heavy atom. The van der Waals surface area contributed by atoms with Crippen LogP contribution in [-0.2, 0) is 9.57 Å². The first kappa shape index (κ1) is 7.98. The zero-order chi connectivity index (χ0) is 7.23. The predicted octanol–water partition coefficient (Wildman–Crippen LogP) is 0.706. The summed E-state index contributed by atoms with van der Waals surface area (Å²) >= 11 is 0. The number of hydrogen-bond acceptors (Lipinski definition) is 3. The number of rotatable bonds is 5. The third-order valence-corrected chi connectivity index (χ3v) is 1.74. The van der Waals surface area contributed by atoms with Gasteiger partial charge < -0.3 is 4.74 Å². The molecule has 1 rings (SSSR count). The van der Waals surface area contributed by atoms with E-state index in [4.69, 9.17) is 9.57 Å². The molecule has 60 valence electrons. The van der Waals surface area contributed by atoms with Gasteiger partial charge in [0.1, 0.15) is 0 Å². The number of hydroxylamine groups is 1. The zero-order valence-corrected chi connectivity index (χ0v) is 6.43. The van der Waals surface area contributed by atoms with Crippen LogP contribution in [0.3, 0.4) is 0 Å². The van der Waals surface area contributed by atoms with Crippen LogP contribution in [-0.4, -0.2) is 26.4 Å². The Kier molecular flexibility index (Phi) is 3.72. The second kappa shape index (κ2) is 4.66. The topological polar surface area (TPSA) is 30.5 Å². The van der Waals surface area contributed by atoms with E-state index >= 15 is 0 Å². The maximum absolute atomic E-state index is 5.10. The molecule has 0 heterocycles. The quantitative estimate of drug-likeness (QED) is 0.456. The van der Waals surface area contributed by atoms with Gasteiger partial charge in [0.15, 0.2) is 0 Å². The third kappa shape index (κ3) is 2.64. The first-order valence-electron chi connectivity index (χ1n) is 3.79. The van der Waals surface area contributed by atoms with Gasteiger partial charge in [-0.15, -0.1) is 0 Å². The molecule has 0 unspecified atom stereocenters. The summed E-state index contributed by atoms with van der Waals surface area (Å²) < 4.78 is 4.81. The molecule has 0 aliphatic heterocycles. The van der Waals surface area contributed by atoms with Crippen molar-refractivity contribution in [1.29, 1.82) is 0 Å². The fourth-order valence-corrected chi connectivity index (χ4v) is 0.828. The summed E-state index contributed by atoms with van der Waals surface area (Å²) in [5.41, 5.74) is 2.97. The molecule has 10 heavy (non-hydrogen) atoms. The van der Waals surface area contributed by atoms with Crippen molar-refractivity contribution in [2.24, 2.45) is 0 Å². The van der Waals surface area contributed by atoms with E-state index in [9.17, 15) is 0 Å². The van der Waals surface area contributed by atoms with Gasteiger partial charge in [0.2, 0.25) is 0 Å². The van der Waals surface area contributed by atoms with Crippen LogP contribution in [0.4, 0.5) is 0 Å². The molecule has 1 fully saturated rings. The molecule has 1 aliphatic carbocycles. The van der Waals surface area contributed by atoms with E-state index in [1.807, 2.05) is 0 Å². The molecule has 1 aliphatic rings. The SMILES string of the molecule is COCCONC1CCC1. The Morgan fingerprint density at radius 1 is 1.40 bits per heavy atom. The molecule has 1 saturated carbocycles. The molecule has 3 heteroatoms. The van der Waals surface area contributed by atoms with Crippen LogP contribution in [0.2, 0.25) is 0 Å². The first-order valence-corrected chi connectivity index (χ1v) is 3.79. The van der Waals surface area contributed by atoms with E-state index in [-0.39, 0.29) is 0 Å². The summed E-state index contributed by atoms with van der Waals surface area (Å²) in [6.45, 7) is 1.31. The van der Waals surface area contributed by atoms with Gasteiger partial charge in [-0.2, -0.15) is 5.48 Å². The maximum Gasteiger partial charge on any atom is 0.0915 e. The van der Waals surface area contributed by atoms with Crippen LogP contribution >= 0.6 is 0 Å². The smallest absolute Gasteiger partial charge is 0.0915 e. The Morgan fingerprint density at radius 2 is 2.20 bits per heavy atom. The molecule has 0 atom stereocenters. The third-order valence-electron chi connectivity index (χ3n) is 1.74. The molecule has 0 aromatic heterocycles. The molecule has 0 amide bonds. The van der Waals surface area contributed by atoms with Gasteiger partial charge >= 0.3 is 0 Å². The van der Waals surface area contributed by atoms with Crippen LogP contribution in [0.25, 0.3) is 0 Å². The van der Waals surface area contributed by atoms with Gasteiger partial charge in [-0.3, -0.25) is 4.84 Å². The lowest BCUT2D eigenvalue weighted by Crippen LogP contribution is -2.35. The zero-order valence-electron chi connectivity index (χ0n) is 6.43. The van der Waals surface area contributed by atoms with E-state index in [0.29, 0.717) is 19.3 Å². The first-order chi connectivity index (χ1) is 4.93. The fourth-order valence-electron chi connectivity index (χ4n) is 0.828. The Hall–Kier alpha value is -0.120. The van der Waals surface area contributed by atoms with Crippen molar-refractivity contribution in [3.8, 4) is 0 Å². The van der Waals surface area contributed by atoms with Crippen molar-refractivity contribution < 1.29 is 9.57 Å². The highest BCUT2D eigenvalue weighted by atomic mass is 16.7. The van der Waals surface area contributed by atoms with Crippen molar-refractivity contribution >= 4 is 0 Å². The van der Waals surface area contributed by atoms with Crippen molar-refractivity contribution in [2.45, 2.75) is 25.3 Å². The summed E-state index contributed by atoms with van der Waals surface area (Å²) in [6, 6.07) is 0.608. The lowest BCUT2D eigenvalue weighted by Gasteiger charge is -2.25. The minimum atomic E-state index is 0.608. The van der Waals surface area contributed by atoms with Crippen molar-refractivity contribution in [3.63, 3.8) is 0 Å². The highest BCUT2D eigenvalue weighted by molar-refractivity contribution is 4.72. The van der Waals surface area contributed by atoms with Crippen LogP contribution in [0.15, 0.2) is 0 Å². The van der Waals surface area contributed by atoms with Crippen molar-refractivity contribution in [2.75, 3.05) is 20.3 Å². The molecule has 0 spiro atoms. The molecule has 0 bridgehead atoms. The Labute approximate surface area is 61.7 Å². The van der Waals surface area contributed by atoms with E-state index in [1.54, 1.807) is 7.11 Å². The van der Waals surface area contributed by atoms with E-state index < -0.39 is 0 Å². The lowest BCUT2D eigenvalue weighted by molar-refractivity contribution is -0.0262. The van der Waals surface area contributed by atoms with Gasteiger partial charge in [0.25, 0.3) is 0 Å². The molecule has 0 aromatic carbocycles. The van der Waals surface area contributed by atoms with Crippen molar-refractivity contribution in [1.82, 2.24) is 5.48 Å². The summed E-state index contributed by atoms with van der Waals surface area (Å²) in [6.07, 6.45) is 3.85. The van der Waals surface area contributed by atoms with Gasteiger partial charge in [-0.05, 0) is 12.8 Å². The maximum atomic E-state index is 5.10. The van der Waals surface area contributed by atoms with Crippen molar-refractivity contribution in [3.05, 3.63) is 0 Å². The van der Waals surface area contributed by atoms with E-state index in [0.717, 1.165) is 0 Å². The second-order valence-electron chi connectivity index (χ2n) is 2.59. The highest BCUT2D eigenvalue weighted by Crippen LogP contribution is 2.17. The summed E-state index contributed by atoms with van der Waals surface area (Å²) in [5.74, 6) is 0. The average molecular weight is 145 g/mol. The molecule has 0 saturated heterocycles. The second-order valence-corrected chi connectivity index (χ2v) is 2.59. The van der Waals surface area contributed by atoms with Crippen LogP contribution in [0.1, 0.15) is 19.3 Å². The van der Waals surface area contributed by atoms with Gasteiger partial charge in [-0.25, -0.2) is 0 Å². The molecular formula is C7H15NO2. The average Bonchev–Trinajstić information content (AvgIpc) is 1.84. The largest absolute Gasteiger partial charge is 0.382 e. The highest BCUT2D eigenvalue weighted by Gasteiger charge is 2.16. The summed E-state index contributed by atoms with van der Waals surface area (Å²) in [7, 11) is 1.67. The summed E-state index contributed by atoms with van der Waals surface area (Å²) in [5, 5.41) is 0. The Bertz CT molecular complexity index is 83.7. The standard InChI is InChI=1S/C7H15NO2/c1-9-5-6-10-8-7-3-2-4-7/h7-8H,2-6H2,1H3. The minimum absolute atomic E-state index is 0.608. The number of hydrogen-bond donors (Lipinski definition) is 1. The normalized spacial score (nSPS) is 18.9. The van der Waals surface area contributed by atoms with E-state index in [2.05, 4.69) is 5.48 Å². The number of ether oxygens (including phenoxy) is 1. The molecular weight excluding hydrogens is 130 g/mol. The Balaban J connectivity index is 1.76. The van der Waals surface area contributed by atoms with Gasteiger partial charge in [0.05, 0.1) is 13.2 Å². The molecule has 1 N–H and O–H groups in total. The number of nitrogens with one attached hydrogen (secondary N) is 1. The van der Waals surface area contributed by atoms with Crippen LogP contribution in [0, 0.1) is 0 Å². The molecule has 0 radical (unpaired) electrons. The van der Waals surface area contributed by atoms with Crippen LogP contribution in [0.5, 0.6) is 0 Å². The van der Waals surface area contributed by atoms with Crippen LogP contribution < -0.4 is 5.48 Å². The van der Waals surface area contributed by atoms with E-state index in [1.165, 1.54) is 19.3 Å². The molecule has 3 nitrogen and oxygen atoms in total. The number of methoxy groups -OCH3 is 1. The minimum Gasteiger partial charge on any atom is -0.382 e. The predicted molar refractivity (Wildman–Crippen MR) is 38.6 cm³/mol. The fraction of sp³-hybridized carbons (Fsp3) is 1.00. The van der Waals surface area contributed by atoms with Gasteiger partial charge in [-0.1, -0.05) is 6.42 Å². The summed E-state index contributed by atoms with van der Waals surface area (Å²) in [4.78, 5) is 5.10. The molecule has 0 aromatic rings.